The van der Waals surface area contributed by atoms with Crippen LogP contribution in [0.1, 0.15) is 117 Å². The smallest absolute Gasteiger partial charge is 0.303 e. The number of carboxylic acid groups (broad SMARTS) is 1. The van der Waals surface area contributed by atoms with Crippen LogP contribution in [0.25, 0.3) is 0 Å². The molecule has 0 spiro atoms. The van der Waals surface area contributed by atoms with E-state index in [1.807, 2.05) is 0 Å². The van der Waals surface area contributed by atoms with Crippen molar-refractivity contribution in [1.82, 2.24) is 5.32 Å². The van der Waals surface area contributed by atoms with Crippen LogP contribution >= 0.6 is 0 Å². The van der Waals surface area contributed by atoms with Gasteiger partial charge in [0.25, 0.3) is 0 Å². The number of aliphatic carboxylic acids is 1. The van der Waals surface area contributed by atoms with Gasteiger partial charge in [0.05, 0.1) is 18.3 Å². The number of nitrogens with two attached hydrogens (primary N) is 1. The van der Waals surface area contributed by atoms with Crippen LogP contribution in [0.2, 0.25) is 0 Å². The van der Waals surface area contributed by atoms with E-state index in [9.17, 15) is 24.9 Å². The lowest BCUT2D eigenvalue weighted by atomic mass is 9.43. The van der Waals surface area contributed by atoms with Gasteiger partial charge in [-0.15, -0.1) is 0 Å². The highest BCUT2D eigenvalue weighted by Crippen LogP contribution is 2.68. The summed E-state index contributed by atoms with van der Waals surface area (Å²) in [7, 11) is 0. The molecule has 0 aromatic heterocycles. The fourth-order valence-corrected chi connectivity index (χ4v) is 10.2. The Labute approximate surface area is 247 Å². The molecule has 4 saturated carbocycles. The maximum absolute atomic E-state index is 12.6. The molecule has 0 aromatic carbocycles. The molecule has 4 fully saturated rings. The van der Waals surface area contributed by atoms with Crippen LogP contribution in [0.4, 0.5) is 0 Å². The van der Waals surface area contributed by atoms with Gasteiger partial charge in [0.2, 0.25) is 5.91 Å². The first-order chi connectivity index (χ1) is 19.4. The van der Waals surface area contributed by atoms with Gasteiger partial charge in [-0.2, -0.15) is 0 Å². The summed E-state index contributed by atoms with van der Waals surface area (Å²) < 4.78 is 0. The summed E-state index contributed by atoms with van der Waals surface area (Å²) in [5, 5.41) is 45.3. The molecule has 0 bridgehead atoms. The van der Waals surface area contributed by atoms with Crippen LogP contribution in [0.15, 0.2) is 0 Å². The molecular formula is C33H58N2O6. The number of hydrogen-bond donors (Lipinski definition) is 6. The van der Waals surface area contributed by atoms with E-state index in [1.54, 1.807) is 0 Å². The van der Waals surface area contributed by atoms with Crippen molar-refractivity contribution in [2.75, 3.05) is 6.54 Å². The van der Waals surface area contributed by atoms with Crippen molar-refractivity contribution in [2.24, 2.45) is 52.1 Å². The van der Waals surface area contributed by atoms with Gasteiger partial charge >= 0.3 is 5.97 Å². The molecule has 4 aliphatic carbocycles. The van der Waals surface area contributed by atoms with Crippen LogP contribution in [0, 0.1) is 46.3 Å². The molecule has 8 nitrogen and oxygen atoms in total. The van der Waals surface area contributed by atoms with Crippen LogP contribution in [-0.4, -0.2) is 63.2 Å². The van der Waals surface area contributed by atoms with Crippen molar-refractivity contribution in [2.45, 2.75) is 141 Å². The average Bonchev–Trinajstić information content (AvgIpc) is 3.27. The van der Waals surface area contributed by atoms with Crippen molar-refractivity contribution in [3.05, 3.63) is 0 Å². The summed E-state index contributed by atoms with van der Waals surface area (Å²) in [4.78, 5) is 23.2. The number of rotatable bonds is 13. The lowest BCUT2D eigenvalue weighted by molar-refractivity contribution is -0.207. The minimum absolute atomic E-state index is 0.0409. The minimum atomic E-state index is -0.766. The molecule has 0 aliphatic heterocycles. The van der Waals surface area contributed by atoms with E-state index in [1.165, 1.54) is 0 Å². The highest BCUT2D eigenvalue weighted by Gasteiger charge is 2.65. The van der Waals surface area contributed by atoms with Crippen LogP contribution < -0.4 is 11.1 Å². The summed E-state index contributed by atoms with van der Waals surface area (Å²) in [5.74, 6) is 1.09. The van der Waals surface area contributed by atoms with Crippen molar-refractivity contribution < 1.29 is 30.0 Å². The molecule has 236 valence electrons. The molecule has 7 N–H and O–H groups in total. The zero-order chi connectivity index (χ0) is 29.9. The van der Waals surface area contributed by atoms with Gasteiger partial charge in [0.1, 0.15) is 0 Å². The topological polar surface area (TPSA) is 153 Å². The largest absolute Gasteiger partial charge is 0.481 e. The molecule has 1 amide bonds. The Kier molecular flexibility index (Phi) is 10.8. The standard InChI is InChI=1S/C33H58N2O6/c1-20(10-13-29(39)35-16-6-8-22(34)7-4-5-9-30(40)41)24-11-12-25-31-26(19-28(38)33(24,25)3)32(2)15-14-23(36)17-21(32)18-27(31)37/h20-28,31,36-38H,4-19,34H2,1-3H3,(H,35,39)(H,40,41)/t20-,21?,22+,23-,24-,25?,26?,27-,28+,31?,32+,33-/m1/s1. The number of hydrogen-bond acceptors (Lipinski definition) is 6. The van der Waals surface area contributed by atoms with Gasteiger partial charge in [0, 0.05) is 25.4 Å². The summed E-state index contributed by atoms with van der Waals surface area (Å²) in [6.07, 6.45) is 10.5. The maximum atomic E-state index is 12.6. The first-order valence-corrected chi connectivity index (χ1v) is 16.7. The van der Waals surface area contributed by atoms with Crippen molar-refractivity contribution >= 4 is 11.9 Å². The first kappa shape index (κ1) is 32.7. The first-order valence-electron chi connectivity index (χ1n) is 16.7. The zero-order valence-corrected chi connectivity index (χ0v) is 25.8. The predicted octanol–water partition coefficient (Wildman–Crippen LogP) is 4.23. The summed E-state index contributed by atoms with van der Waals surface area (Å²) in [6.45, 7) is 7.48. The number of nitrogens with one attached hydrogen (secondary N) is 1. The van der Waals surface area contributed by atoms with Gasteiger partial charge < -0.3 is 31.5 Å². The third-order valence-electron chi connectivity index (χ3n) is 12.6. The normalized spacial score (nSPS) is 41.5. The number of aliphatic hydroxyl groups is 3. The van der Waals surface area contributed by atoms with Crippen LogP contribution in [0.3, 0.4) is 0 Å². The molecule has 4 aliphatic rings. The Morgan fingerprint density at radius 2 is 1.66 bits per heavy atom. The number of unbranched alkanes of at least 4 members (excludes halogenated alkanes) is 1. The van der Waals surface area contributed by atoms with E-state index in [4.69, 9.17) is 10.8 Å². The number of carbonyl (C=O) groups is 2. The quantitative estimate of drug-likeness (QED) is 0.179. The molecule has 0 aromatic rings. The van der Waals surface area contributed by atoms with Crippen molar-refractivity contribution in [3.8, 4) is 0 Å². The monoisotopic (exact) mass is 578 g/mol. The average molecular weight is 579 g/mol. The second-order valence-corrected chi connectivity index (χ2v) is 14.9. The molecule has 8 heteroatoms. The molecule has 4 rings (SSSR count). The Hall–Kier alpha value is -1.22. The number of amides is 1. The third-order valence-corrected chi connectivity index (χ3v) is 12.6. The molecule has 12 atom stereocenters. The van der Waals surface area contributed by atoms with Crippen molar-refractivity contribution in [1.29, 1.82) is 0 Å². The van der Waals surface area contributed by atoms with Gasteiger partial charge in [0.15, 0.2) is 0 Å². The minimum Gasteiger partial charge on any atom is -0.481 e. The van der Waals surface area contributed by atoms with Gasteiger partial charge in [-0.3, -0.25) is 9.59 Å². The third kappa shape index (κ3) is 6.97. The number of fused-ring (bicyclic) bond motifs is 5. The SMILES string of the molecule is C[C@H](CCC(=O)NCCC[C@@H](N)CCCCC(=O)O)[C@H]1CCC2C3C(C[C@H](O)[C@@]21C)[C@@]1(C)CC[C@@H](O)CC1C[C@H]3O. The second-order valence-electron chi connectivity index (χ2n) is 14.9. The highest BCUT2D eigenvalue weighted by atomic mass is 16.4. The number of aliphatic hydroxyl groups excluding tert-OH is 3. The number of carboxylic acids is 1. The Bertz CT molecular complexity index is 901. The fraction of sp³-hybridized carbons (Fsp3) is 0.939. The Balaban J connectivity index is 1.25. The number of carbonyl (C=O) groups excluding carboxylic acids is 1. The molecule has 0 heterocycles. The zero-order valence-electron chi connectivity index (χ0n) is 25.8. The molecule has 4 unspecified atom stereocenters. The van der Waals surface area contributed by atoms with Gasteiger partial charge in [-0.05, 0) is 123 Å². The van der Waals surface area contributed by atoms with E-state index in [-0.39, 0.29) is 47.3 Å². The van der Waals surface area contributed by atoms with Gasteiger partial charge in [-0.25, -0.2) is 0 Å². The lowest BCUT2D eigenvalue weighted by Gasteiger charge is -2.63. The highest BCUT2D eigenvalue weighted by molar-refractivity contribution is 5.75. The Morgan fingerprint density at radius 3 is 2.39 bits per heavy atom. The summed E-state index contributed by atoms with van der Waals surface area (Å²) >= 11 is 0. The maximum Gasteiger partial charge on any atom is 0.303 e. The Morgan fingerprint density at radius 1 is 0.927 bits per heavy atom. The summed E-state index contributed by atoms with van der Waals surface area (Å²) in [5.41, 5.74) is 5.98. The van der Waals surface area contributed by atoms with Gasteiger partial charge in [-0.1, -0.05) is 27.2 Å². The predicted molar refractivity (Wildman–Crippen MR) is 159 cm³/mol. The van der Waals surface area contributed by atoms with Crippen LogP contribution in [-0.2, 0) is 9.59 Å². The van der Waals surface area contributed by atoms with Crippen LogP contribution in [0.5, 0.6) is 0 Å². The molecular weight excluding hydrogens is 520 g/mol. The molecule has 0 saturated heterocycles. The summed E-state index contributed by atoms with van der Waals surface area (Å²) in [6, 6.07) is 0.0409. The van der Waals surface area contributed by atoms with E-state index in [2.05, 4.69) is 26.1 Å². The van der Waals surface area contributed by atoms with E-state index < -0.39 is 12.1 Å². The van der Waals surface area contributed by atoms with E-state index in [0.717, 1.165) is 77.0 Å². The second kappa shape index (κ2) is 13.6. The lowest BCUT2D eigenvalue weighted by Crippen LogP contribution is -2.62. The van der Waals surface area contributed by atoms with Crippen molar-refractivity contribution in [3.63, 3.8) is 0 Å². The molecule has 41 heavy (non-hydrogen) atoms. The van der Waals surface area contributed by atoms with E-state index >= 15 is 0 Å². The van der Waals surface area contributed by atoms with E-state index in [0.29, 0.717) is 49.0 Å². The molecule has 0 radical (unpaired) electrons. The fourth-order valence-electron chi connectivity index (χ4n) is 10.2.